The first-order valence-corrected chi connectivity index (χ1v) is 8.99. The summed E-state index contributed by atoms with van der Waals surface area (Å²) in [6.45, 7) is 6.62. The lowest BCUT2D eigenvalue weighted by Gasteiger charge is -2.19. The molecule has 0 unspecified atom stereocenters. The van der Waals surface area contributed by atoms with Crippen molar-refractivity contribution in [3.63, 3.8) is 0 Å². The van der Waals surface area contributed by atoms with Crippen LogP contribution in [-0.4, -0.2) is 25.0 Å². The fraction of sp³-hybridized carbons (Fsp3) is 0.304. The van der Waals surface area contributed by atoms with E-state index in [1.807, 2.05) is 12.1 Å². The third-order valence-corrected chi connectivity index (χ3v) is 4.04. The van der Waals surface area contributed by atoms with Gasteiger partial charge in [0.05, 0.1) is 12.1 Å². The van der Waals surface area contributed by atoms with Gasteiger partial charge in [0.25, 0.3) is 5.91 Å². The van der Waals surface area contributed by atoms with Gasteiger partial charge in [-0.3, -0.25) is 4.79 Å². The molecule has 0 aliphatic rings. The van der Waals surface area contributed by atoms with Crippen molar-refractivity contribution in [2.75, 3.05) is 13.2 Å². The zero-order chi connectivity index (χ0) is 20.6. The molecule has 5 nitrogen and oxygen atoms in total. The Kier molecular flexibility index (Phi) is 7.22. The van der Waals surface area contributed by atoms with Crippen LogP contribution in [-0.2, 0) is 21.6 Å². The van der Waals surface area contributed by atoms with Gasteiger partial charge in [0, 0.05) is 0 Å². The van der Waals surface area contributed by atoms with E-state index in [-0.39, 0.29) is 18.6 Å². The molecule has 0 saturated carbocycles. The molecule has 0 fully saturated rings. The Balaban J connectivity index is 1.84. The lowest BCUT2D eigenvalue weighted by Crippen LogP contribution is -2.28. The number of carbonyl (C=O) groups excluding carboxylic acids is 2. The summed E-state index contributed by atoms with van der Waals surface area (Å²) in [6.07, 6.45) is 5.04. The van der Waals surface area contributed by atoms with Crippen LogP contribution >= 0.6 is 0 Å². The highest BCUT2D eigenvalue weighted by Gasteiger charge is 2.13. The molecule has 0 saturated heterocycles. The summed E-state index contributed by atoms with van der Waals surface area (Å²) in [5, 5.41) is 2.42. The maximum Gasteiger partial charge on any atom is 0.338 e. The predicted molar refractivity (Wildman–Crippen MR) is 108 cm³/mol. The van der Waals surface area contributed by atoms with Crippen molar-refractivity contribution < 1.29 is 19.1 Å². The van der Waals surface area contributed by atoms with Crippen molar-refractivity contribution in [1.29, 1.82) is 0 Å². The summed E-state index contributed by atoms with van der Waals surface area (Å²) in [6, 6.07) is 14.9. The molecule has 2 aromatic rings. The molecule has 0 bridgehead atoms. The number of rotatable bonds is 7. The molecule has 0 atom stereocenters. The minimum atomic E-state index is -0.568. The molecule has 2 aromatic carbocycles. The van der Waals surface area contributed by atoms with Crippen molar-refractivity contribution >= 4 is 11.9 Å². The minimum absolute atomic E-state index is 0.101. The summed E-state index contributed by atoms with van der Waals surface area (Å²) in [5.74, 6) is 2.05. The van der Waals surface area contributed by atoms with Crippen LogP contribution in [0.25, 0.3) is 0 Å². The van der Waals surface area contributed by atoms with Crippen LogP contribution in [0.2, 0.25) is 0 Å². The zero-order valence-electron chi connectivity index (χ0n) is 16.5. The molecule has 0 spiro atoms. The summed E-state index contributed by atoms with van der Waals surface area (Å²) in [7, 11) is 0. The summed E-state index contributed by atoms with van der Waals surface area (Å²) in [5.41, 5.74) is 2.63. The third kappa shape index (κ3) is 6.48. The van der Waals surface area contributed by atoms with Crippen molar-refractivity contribution in [3.8, 4) is 18.1 Å². The number of carbonyl (C=O) groups is 2. The van der Waals surface area contributed by atoms with Crippen LogP contribution in [0.3, 0.4) is 0 Å². The molecule has 0 aliphatic heterocycles. The van der Waals surface area contributed by atoms with E-state index in [4.69, 9.17) is 15.9 Å². The van der Waals surface area contributed by atoms with Gasteiger partial charge in [-0.1, -0.05) is 51.0 Å². The van der Waals surface area contributed by atoms with Gasteiger partial charge in [0.15, 0.2) is 6.61 Å². The Bertz CT molecular complexity index is 840. The first kappa shape index (κ1) is 21.0. The number of ether oxygens (including phenoxy) is 2. The second kappa shape index (κ2) is 9.61. The van der Waals surface area contributed by atoms with E-state index in [0.29, 0.717) is 12.2 Å². The molecule has 0 radical (unpaired) electrons. The van der Waals surface area contributed by atoms with Crippen molar-refractivity contribution in [2.24, 2.45) is 0 Å². The second-order valence-electron chi connectivity index (χ2n) is 7.32. The van der Waals surface area contributed by atoms with E-state index in [9.17, 15) is 9.59 Å². The molecule has 5 heteroatoms. The molecule has 1 amide bonds. The first-order valence-electron chi connectivity index (χ1n) is 8.99. The highest BCUT2D eigenvalue weighted by molar-refractivity contribution is 5.91. The SMILES string of the molecule is C#CCNC(=O)COC(=O)c1ccc(COc2ccc(C(C)(C)C)cc2)cc1. The van der Waals surface area contributed by atoms with Crippen molar-refractivity contribution in [2.45, 2.75) is 32.8 Å². The first-order chi connectivity index (χ1) is 13.3. The highest BCUT2D eigenvalue weighted by Crippen LogP contribution is 2.24. The number of terminal acetylenes is 1. The molecule has 146 valence electrons. The normalized spacial score (nSPS) is 10.6. The van der Waals surface area contributed by atoms with Crippen molar-refractivity contribution in [1.82, 2.24) is 5.32 Å². The van der Waals surface area contributed by atoms with Crippen LogP contribution in [0.5, 0.6) is 5.75 Å². The van der Waals surface area contributed by atoms with Crippen LogP contribution in [0.1, 0.15) is 42.3 Å². The van der Waals surface area contributed by atoms with Gasteiger partial charge >= 0.3 is 5.97 Å². The van der Waals surface area contributed by atoms with Crippen molar-refractivity contribution in [3.05, 3.63) is 65.2 Å². The Hall–Kier alpha value is -3.26. The monoisotopic (exact) mass is 379 g/mol. The standard InChI is InChI=1S/C23H25NO4/c1-5-14-24-21(25)16-28-22(26)18-8-6-17(7-9-18)15-27-20-12-10-19(11-13-20)23(2,3)4/h1,6-13H,14-16H2,2-4H3,(H,24,25). The van der Waals surface area contributed by atoms with Gasteiger partial charge in [0.2, 0.25) is 0 Å². The van der Waals surface area contributed by atoms with Crippen LogP contribution < -0.4 is 10.1 Å². The van der Waals surface area contributed by atoms with Gasteiger partial charge in [0.1, 0.15) is 12.4 Å². The van der Waals surface area contributed by atoms with Gasteiger partial charge in [-0.2, -0.15) is 0 Å². The average molecular weight is 379 g/mol. The Morgan fingerprint density at radius 2 is 1.68 bits per heavy atom. The van der Waals surface area contributed by atoms with Gasteiger partial charge in [-0.25, -0.2) is 4.79 Å². The van der Waals surface area contributed by atoms with Gasteiger partial charge in [-0.05, 0) is 40.8 Å². The molecule has 28 heavy (non-hydrogen) atoms. The van der Waals surface area contributed by atoms with Gasteiger partial charge in [-0.15, -0.1) is 6.42 Å². The maximum atomic E-state index is 12.0. The molecule has 0 aromatic heterocycles. The summed E-state index contributed by atoms with van der Waals surface area (Å²) < 4.78 is 10.7. The number of amides is 1. The largest absolute Gasteiger partial charge is 0.489 e. The van der Waals surface area contributed by atoms with E-state index in [0.717, 1.165) is 11.3 Å². The van der Waals surface area contributed by atoms with E-state index in [1.165, 1.54) is 5.56 Å². The predicted octanol–water partition coefficient (Wildman–Crippen LogP) is 3.47. The molecular weight excluding hydrogens is 354 g/mol. The number of benzene rings is 2. The molecule has 0 heterocycles. The molecule has 1 N–H and O–H groups in total. The van der Waals surface area contributed by atoms with E-state index >= 15 is 0 Å². The van der Waals surface area contributed by atoms with Crippen LogP contribution in [0.4, 0.5) is 0 Å². The smallest absolute Gasteiger partial charge is 0.338 e. The fourth-order valence-electron chi connectivity index (χ4n) is 2.37. The van der Waals surface area contributed by atoms with E-state index in [1.54, 1.807) is 24.3 Å². The summed E-state index contributed by atoms with van der Waals surface area (Å²) >= 11 is 0. The number of esters is 1. The molecular formula is C23H25NO4. The zero-order valence-corrected chi connectivity index (χ0v) is 16.5. The quantitative estimate of drug-likeness (QED) is 0.591. The third-order valence-electron chi connectivity index (χ3n) is 4.04. The van der Waals surface area contributed by atoms with Gasteiger partial charge < -0.3 is 14.8 Å². The minimum Gasteiger partial charge on any atom is -0.489 e. The van der Waals surface area contributed by atoms with Crippen LogP contribution in [0, 0.1) is 12.3 Å². The molecule has 2 rings (SSSR count). The van der Waals surface area contributed by atoms with E-state index < -0.39 is 11.9 Å². The van der Waals surface area contributed by atoms with E-state index in [2.05, 4.69) is 44.1 Å². The Morgan fingerprint density at radius 3 is 2.25 bits per heavy atom. The lowest BCUT2D eigenvalue weighted by atomic mass is 9.87. The van der Waals surface area contributed by atoms with Crippen LogP contribution in [0.15, 0.2) is 48.5 Å². The Morgan fingerprint density at radius 1 is 1.04 bits per heavy atom. The topological polar surface area (TPSA) is 64.6 Å². The average Bonchev–Trinajstić information content (AvgIpc) is 2.69. The Labute approximate surface area is 166 Å². The highest BCUT2D eigenvalue weighted by atomic mass is 16.5. The number of hydrogen-bond acceptors (Lipinski definition) is 4. The summed E-state index contributed by atoms with van der Waals surface area (Å²) in [4.78, 5) is 23.3. The number of nitrogens with one attached hydrogen (secondary N) is 1. The lowest BCUT2D eigenvalue weighted by molar-refractivity contribution is -0.123. The molecule has 0 aliphatic carbocycles. The fourth-order valence-corrected chi connectivity index (χ4v) is 2.37. The second-order valence-corrected chi connectivity index (χ2v) is 7.32. The number of hydrogen-bond donors (Lipinski definition) is 1. The maximum absolute atomic E-state index is 12.0.